The van der Waals surface area contributed by atoms with E-state index in [1.54, 1.807) is 0 Å². The summed E-state index contributed by atoms with van der Waals surface area (Å²) in [4.78, 5) is 0. The molecule has 6 saturated carbocycles. The van der Waals surface area contributed by atoms with Crippen molar-refractivity contribution in [3.63, 3.8) is 0 Å². The first-order chi connectivity index (χ1) is 27.2. The van der Waals surface area contributed by atoms with Crippen LogP contribution in [0.4, 0.5) is 0 Å². The molecule has 0 amide bonds. The summed E-state index contributed by atoms with van der Waals surface area (Å²) < 4.78 is 126. The third-order valence-electron chi connectivity index (χ3n) is 16.0. The minimum absolute atomic E-state index is 0.159. The highest BCUT2D eigenvalue weighted by Gasteiger charge is 2.64. The Kier molecular flexibility index (Phi) is 13.8. The maximum absolute atomic E-state index is 15.3. The molecule has 0 aromatic rings. The first-order valence-corrected chi connectivity index (χ1v) is 32.7. The molecule has 0 spiro atoms. The van der Waals surface area contributed by atoms with E-state index in [2.05, 4.69) is 20.8 Å². The van der Waals surface area contributed by atoms with Crippen molar-refractivity contribution in [2.75, 3.05) is 0 Å². The van der Waals surface area contributed by atoms with E-state index in [4.69, 9.17) is 25.9 Å². The zero-order valence-corrected chi connectivity index (χ0v) is 40.0. The van der Waals surface area contributed by atoms with Gasteiger partial charge in [0, 0.05) is 0 Å². The predicted octanol–water partition coefficient (Wildman–Crippen LogP) is 15.5. The van der Waals surface area contributed by atoms with Gasteiger partial charge in [0.25, 0.3) is 0 Å². The predicted molar refractivity (Wildman–Crippen MR) is 225 cm³/mol. The SMILES string of the molecule is CCC1CCC(P2(=O)OP(=O)(C3CCC(CC)C3)OP(=O)(C3CC(CC)C(C4CCC(P5(=O)OP(=O)(C6CCCCC6)OP(=O)(C6CCCCC6)O5)CC4)C3)O2)C1. The van der Waals surface area contributed by atoms with Crippen LogP contribution in [-0.4, -0.2) is 34.0 Å². The molecular weight excluding hydrogens is 846 g/mol. The summed E-state index contributed by atoms with van der Waals surface area (Å²) in [6, 6.07) is 0. The van der Waals surface area contributed by atoms with Crippen LogP contribution in [0.3, 0.4) is 0 Å². The molecule has 18 heteroatoms. The molecule has 0 radical (unpaired) electrons. The molecule has 0 bridgehead atoms. The first kappa shape index (κ1) is 44.7. The number of rotatable bonds is 10. The molecule has 2 heterocycles. The van der Waals surface area contributed by atoms with Gasteiger partial charge >= 0.3 is 45.6 Å². The van der Waals surface area contributed by atoms with Crippen LogP contribution in [0, 0.1) is 29.6 Å². The van der Waals surface area contributed by atoms with Crippen molar-refractivity contribution in [2.24, 2.45) is 29.6 Å². The third-order valence-corrected chi connectivity index (χ3v) is 35.2. The van der Waals surface area contributed by atoms with Crippen LogP contribution in [0.1, 0.15) is 181 Å². The zero-order chi connectivity index (χ0) is 40.3. The van der Waals surface area contributed by atoms with E-state index in [0.717, 1.165) is 70.6 Å². The molecule has 6 aliphatic carbocycles. The largest absolute Gasteiger partial charge is 0.348 e. The lowest BCUT2D eigenvalue weighted by Crippen LogP contribution is -2.30. The first-order valence-electron chi connectivity index (χ1n) is 23.0. The fraction of sp³-hybridized carbons (Fsp3) is 1.00. The lowest BCUT2D eigenvalue weighted by molar-refractivity contribution is 0.188. The summed E-state index contributed by atoms with van der Waals surface area (Å²) in [7, 11) is -24.1. The summed E-state index contributed by atoms with van der Waals surface area (Å²) in [5.74, 6) is 1.34. The Morgan fingerprint density at radius 2 is 0.702 bits per heavy atom. The van der Waals surface area contributed by atoms with Gasteiger partial charge in [-0.05, 0) is 132 Å². The molecule has 11 atom stereocenters. The maximum Gasteiger partial charge on any atom is 0.348 e. The van der Waals surface area contributed by atoms with Gasteiger partial charge in [0.15, 0.2) is 0 Å². The molecule has 8 aliphatic rings. The minimum atomic E-state index is -4.12. The Morgan fingerprint density at radius 3 is 1.07 bits per heavy atom. The smallest absolute Gasteiger partial charge is 0.259 e. The second kappa shape index (κ2) is 17.6. The highest BCUT2D eigenvalue weighted by atomic mass is 31.3. The molecule has 57 heavy (non-hydrogen) atoms. The number of hydrogen-bond donors (Lipinski definition) is 0. The average Bonchev–Trinajstić information content (AvgIpc) is 3.99. The van der Waals surface area contributed by atoms with Gasteiger partial charge in [0.05, 0.1) is 34.0 Å². The summed E-state index contributed by atoms with van der Waals surface area (Å²) in [5.41, 5.74) is -2.74. The van der Waals surface area contributed by atoms with Crippen molar-refractivity contribution in [1.82, 2.24) is 0 Å². The molecule has 328 valence electrons. The Labute approximate surface area is 342 Å². The minimum Gasteiger partial charge on any atom is -0.259 e. The normalized spacial score (nSPS) is 51.9. The summed E-state index contributed by atoms with van der Waals surface area (Å²) >= 11 is 0. The van der Waals surface area contributed by atoms with Gasteiger partial charge in [-0.2, -0.15) is 0 Å². The van der Waals surface area contributed by atoms with Crippen molar-refractivity contribution in [2.45, 2.75) is 215 Å². The van der Waals surface area contributed by atoms with Crippen LogP contribution in [0.15, 0.2) is 0 Å². The van der Waals surface area contributed by atoms with Crippen LogP contribution in [0.25, 0.3) is 0 Å². The van der Waals surface area contributed by atoms with E-state index >= 15 is 4.57 Å². The molecule has 8 rings (SSSR count). The number of hydrogen-bond acceptors (Lipinski definition) is 12. The Hall–Kier alpha value is 1.14. The highest BCUT2D eigenvalue weighted by molar-refractivity contribution is 7.81. The topological polar surface area (TPSA) is 158 Å². The van der Waals surface area contributed by atoms with Crippen LogP contribution in [0.2, 0.25) is 0 Å². The van der Waals surface area contributed by atoms with Crippen LogP contribution < -0.4 is 0 Å². The van der Waals surface area contributed by atoms with Gasteiger partial charge in [-0.3, -0.25) is 27.4 Å². The van der Waals surface area contributed by atoms with Gasteiger partial charge in [0.1, 0.15) is 0 Å². The van der Waals surface area contributed by atoms with E-state index in [-0.39, 0.29) is 17.8 Å². The molecule has 0 N–H and O–H groups in total. The van der Waals surface area contributed by atoms with Crippen molar-refractivity contribution >= 4 is 45.6 Å². The van der Waals surface area contributed by atoms with E-state index < -0.39 is 79.5 Å². The molecule has 11 unspecified atom stereocenters. The molecule has 0 aromatic heterocycles. The quantitative estimate of drug-likeness (QED) is 0.191. The van der Waals surface area contributed by atoms with Crippen molar-refractivity contribution < 1.29 is 53.3 Å². The Balaban J connectivity index is 0.994. The van der Waals surface area contributed by atoms with Gasteiger partial charge in [-0.1, -0.05) is 78.6 Å². The molecule has 12 nitrogen and oxygen atoms in total. The van der Waals surface area contributed by atoms with Crippen LogP contribution in [0.5, 0.6) is 0 Å². The standard InChI is InChI=1S/C39H70O12P6/c1-4-29-17-21-36(25-29)55(43)49-56(44,37-22-18-30(5-2)26-37)51-57(45,50-55)38-27-31(6-3)39(28-38)32-19-23-35(24-20-32)54(42)47-52(40,33-13-9-7-10-14-33)46-53(41,48-54)34-15-11-8-12-16-34/h29-39H,4-28H2,1-3H3. The average molecular weight is 917 g/mol. The zero-order valence-electron chi connectivity index (χ0n) is 34.6. The Bertz CT molecular complexity index is 1640. The van der Waals surface area contributed by atoms with Crippen molar-refractivity contribution in [3.05, 3.63) is 0 Å². The van der Waals surface area contributed by atoms with E-state index in [0.29, 0.717) is 102 Å². The van der Waals surface area contributed by atoms with E-state index in [9.17, 15) is 22.8 Å². The van der Waals surface area contributed by atoms with Crippen LogP contribution in [-0.2, 0) is 53.3 Å². The lowest BCUT2D eigenvalue weighted by Gasteiger charge is -2.44. The van der Waals surface area contributed by atoms with E-state index in [1.165, 1.54) is 0 Å². The lowest BCUT2D eigenvalue weighted by atomic mass is 9.74. The Morgan fingerprint density at radius 1 is 0.351 bits per heavy atom. The van der Waals surface area contributed by atoms with Gasteiger partial charge < -0.3 is 0 Å². The van der Waals surface area contributed by atoms with Gasteiger partial charge in [-0.25, -0.2) is 25.9 Å². The van der Waals surface area contributed by atoms with Gasteiger partial charge in [-0.15, -0.1) is 0 Å². The third kappa shape index (κ3) is 8.97. The molecule has 8 fully saturated rings. The summed E-state index contributed by atoms with van der Waals surface area (Å²) in [5, 5.41) is 0. The summed E-state index contributed by atoms with van der Waals surface area (Å²) in [6.45, 7) is 6.39. The highest BCUT2D eigenvalue weighted by Crippen LogP contribution is 2.90. The summed E-state index contributed by atoms with van der Waals surface area (Å²) in [6.07, 6.45) is 18.9. The fourth-order valence-electron chi connectivity index (χ4n) is 12.3. The van der Waals surface area contributed by atoms with Crippen LogP contribution >= 0.6 is 45.6 Å². The maximum atomic E-state index is 15.3. The fourth-order valence-corrected chi connectivity index (χ4v) is 34.7. The molecule has 2 aliphatic heterocycles. The molecular formula is C39H70O12P6. The molecule has 2 saturated heterocycles. The van der Waals surface area contributed by atoms with Gasteiger partial charge in [0.2, 0.25) is 0 Å². The van der Waals surface area contributed by atoms with E-state index in [1.807, 2.05) is 0 Å². The monoisotopic (exact) mass is 916 g/mol. The molecule has 0 aromatic carbocycles. The second-order valence-corrected chi connectivity index (χ2v) is 34.1. The van der Waals surface area contributed by atoms with Crippen molar-refractivity contribution in [1.29, 1.82) is 0 Å². The van der Waals surface area contributed by atoms with Crippen molar-refractivity contribution in [3.8, 4) is 0 Å². The second-order valence-electron chi connectivity index (χ2n) is 19.3.